The van der Waals surface area contributed by atoms with Gasteiger partial charge in [0.2, 0.25) is 5.95 Å². The Hall–Kier alpha value is -1.65. The molecule has 2 aromatic rings. The second-order valence-electron chi connectivity index (χ2n) is 2.44. The molecule has 0 bridgehead atoms. The Morgan fingerprint density at radius 2 is 1.77 bits per heavy atom. The Morgan fingerprint density at radius 1 is 1.00 bits per heavy atom. The number of hydrogen-bond donors (Lipinski definition) is 0. The first kappa shape index (κ1) is 7.97. The molecule has 0 aliphatic carbocycles. The molecule has 0 saturated carbocycles. The molecule has 5 heteroatoms. The summed E-state index contributed by atoms with van der Waals surface area (Å²) in [4.78, 5) is 6.10. The van der Waals surface area contributed by atoms with Crippen LogP contribution in [-0.4, -0.2) is 9.97 Å². The van der Waals surface area contributed by atoms with E-state index in [-0.39, 0.29) is 10.9 Å². The molecule has 0 atom stereocenters. The number of hydrogen-bond acceptors (Lipinski definition) is 2. The van der Waals surface area contributed by atoms with E-state index in [1.165, 1.54) is 6.07 Å². The van der Waals surface area contributed by atoms with Crippen molar-refractivity contribution in [2.45, 2.75) is 0 Å². The van der Waals surface area contributed by atoms with E-state index in [4.69, 9.17) is 0 Å². The van der Waals surface area contributed by atoms with Crippen LogP contribution >= 0.6 is 0 Å². The van der Waals surface area contributed by atoms with Crippen LogP contribution in [0.25, 0.3) is 10.9 Å². The first-order valence-corrected chi connectivity index (χ1v) is 3.45. The van der Waals surface area contributed by atoms with Crippen molar-refractivity contribution in [1.82, 2.24) is 9.97 Å². The van der Waals surface area contributed by atoms with Gasteiger partial charge in [0.15, 0.2) is 0 Å². The van der Waals surface area contributed by atoms with E-state index in [0.717, 1.165) is 12.1 Å². The smallest absolute Gasteiger partial charge is 0.207 e. The van der Waals surface area contributed by atoms with E-state index in [2.05, 4.69) is 9.97 Å². The maximum absolute atomic E-state index is 12.9. The van der Waals surface area contributed by atoms with Crippen molar-refractivity contribution in [3.05, 3.63) is 36.0 Å². The Kier molecular flexibility index (Phi) is 1.65. The minimum Gasteiger partial charge on any atom is -0.207 e. The fourth-order valence-corrected chi connectivity index (χ4v) is 1.04. The standard InChI is InChI=1S/C8H3F3N2/c9-4-1-2-5-6(3-4)12-8(11)13-7(5)10/h1-3H. The van der Waals surface area contributed by atoms with Gasteiger partial charge in [-0.1, -0.05) is 0 Å². The molecule has 0 saturated heterocycles. The lowest BCUT2D eigenvalue weighted by atomic mass is 10.2. The number of halogens is 3. The van der Waals surface area contributed by atoms with E-state index >= 15 is 0 Å². The quantitative estimate of drug-likeness (QED) is 0.462. The van der Waals surface area contributed by atoms with Gasteiger partial charge in [0.05, 0.1) is 10.9 Å². The summed E-state index contributed by atoms with van der Waals surface area (Å²) in [5.41, 5.74) is -0.0787. The predicted molar refractivity (Wildman–Crippen MR) is 39.4 cm³/mol. The summed E-state index contributed by atoms with van der Waals surface area (Å²) in [5, 5.41) is 0.00259. The average molecular weight is 184 g/mol. The molecule has 2 nitrogen and oxygen atoms in total. The summed E-state index contributed by atoms with van der Waals surface area (Å²) < 4.78 is 37.9. The fourth-order valence-electron chi connectivity index (χ4n) is 1.04. The highest BCUT2D eigenvalue weighted by Gasteiger charge is 2.06. The summed E-state index contributed by atoms with van der Waals surface area (Å²) in [5.74, 6) is -1.58. The molecule has 0 aliphatic heterocycles. The van der Waals surface area contributed by atoms with Gasteiger partial charge in [-0.3, -0.25) is 0 Å². The Balaban J connectivity index is 2.86. The van der Waals surface area contributed by atoms with E-state index in [0.29, 0.717) is 0 Å². The lowest BCUT2D eigenvalue weighted by Crippen LogP contribution is -1.95. The number of benzene rings is 1. The second kappa shape index (κ2) is 2.69. The van der Waals surface area contributed by atoms with Gasteiger partial charge in [-0.15, -0.1) is 0 Å². The van der Waals surface area contributed by atoms with Crippen LogP contribution in [-0.2, 0) is 0 Å². The van der Waals surface area contributed by atoms with Crippen LogP contribution in [0.1, 0.15) is 0 Å². The van der Waals surface area contributed by atoms with Gasteiger partial charge >= 0.3 is 6.08 Å². The molecule has 13 heavy (non-hydrogen) atoms. The van der Waals surface area contributed by atoms with Gasteiger partial charge in [0.25, 0.3) is 0 Å². The SMILES string of the molecule is Fc1ccc2c(F)nc(F)nc2c1. The molecule has 2 rings (SSSR count). The number of aromatic nitrogens is 2. The van der Waals surface area contributed by atoms with Crippen LogP contribution in [0.5, 0.6) is 0 Å². The van der Waals surface area contributed by atoms with Crippen LogP contribution < -0.4 is 0 Å². The van der Waals surface area contributed by atoms with E-state index in [1.807, 2.05) is 0 Å². The van der Waals surface area contributed by atoms with Crippen LogP contribution in [0.15, 0.2) is 18.2 Å². The average Bonchev–Trinajstić information content (AvgIpc) is 2.02. The molecule has 0 N–H and O–H groups in total. The number of nitrogens with zero attached hydrogens (tertiary/aromatic N) is 2. The summed E-state index contributed by atoms with van der Waals surface area (Å²) in [6, 6.07) is 3.18. The van der Waals surface area contributed by atoms with Gasteiger partial charge in [0, 0.05) is 6.07 Å². The van der Waals surface area contributed by atoms with Crippen LogP contribution in [0, 0.1) is 17.8 Å². The zero-order chi connectivity index (χ0) is 9.42. The van der Waals surface area contributed by atoms with E-state index in [9.17, 15) is 13.2 Å². The van der Waals surface area contributed by atoms with Crippen LogP contribution in [0.2, 0.25) is 0 Å². The summed E-state index contributed by atoms with van der Waals surface area (Å²) in [6.45, 7) is 0. The van der Waals surface area contributed by atoms with E-state index in [1.54, 1.807) is 0 Å². The van der Waals surface area contributed by atoms with Gasteiger partial charge in [-0.25, -0.2) is 9.37 Å². The molecule has 1 heterocycles. The molecule has 0 unspecified atom stereocenters. The molecule has 0 spiro atoms. The lowest BCUT2D eigenvalue weighted by molar-refractivity contribution is 0.493. The zero-order valence-corrected chi connectivity index (χ0v) is 6.26. The fraction of sp³-hybridized carbons (Fsp3) is 0. The third-order valence-corrected chi connectivity index (χ3v) is 1.59. The molecule has 1 aromatic heterocycles. The molecule has 1 aromatic carbocycles. The largest absolute Gasteiger partial charge is 0.311 e. The highest BCUT2D eigenvalue weighted by molar-refractivity contribution is 5.77. The molecule has 0 radical (unpaired) electrons. The second-order valence-corrected chi connectivity index (χ2v) is 2.44. The van der Waals surface area contributed by atoms with Crippen molar-refractivity contribution < 1.29 is 13.2 Å². The topological polar surface area (TPSA) is 25.8 Å². The summed E-state index contributed by atoms with van der Waals surface area (Å²) in [7, 11) is 0. The highest BCUT2D eigenvalue weighted by Crippen LogP contribution is 2.15. The van der Waals surface area contributed by atoms with Crippen molar-refractivity contribution in [2.75, 3.05) is 0 Å². The van der Waals surface area contributed by atoms with Crippen molar-refractivity contribution in [2.24, 2.45) is 0 Å². The first-order chi connectivity index (χ1) is 6.16. The minimum atomic E-state index is -1.20. The molecular formula is C8H3F3N2. The van der Waals surface area contributed by atoms with E-state index < -0.39 is 17.8 Å². The first-order valence-electron chi connectivity index (χ1n) is 3.45. The monoisotopic (exact) mass is 184 g/mol. The van der Waals surface area contributed by atoms with Gasteiger partial charge in [-0.2, -0.15) is 13.8 Å². The Bertz CT molecular complexity index is 465. The summed E-state index contributed by atoms with van der Waals surface area (Å²) >= 11 is 0. The number of fused-ring (bicyclic) bond motifs is 1. The molecule has 66 valence electrons. The number of rotatable bonds is 0. The third-order valence-electron chi connectivity index (χ3n) is 1.59. The third kappa shape index (κ3) is 1.32. The van der Waals surface area contributed by atoms with Crippen molar-refractivity contribution in [3.8, 4) is 0 Å². The lowest BCUT2D eigenvalue weighted by Gasteiger charge is -1.97. The highest BCUT2D eigenvalue weighted by atomic mass is 19.1. The molecular weight excluding hydrogens is 181 g/mol. The Labute approximate surface area is 71.0 Å². The maximum Gasteiger partial charge on any atom is 0.311 e. The van der Waals surface area contributed by atoms with Crippen molar-refractivity contribution in [1.29, 1.82) is 0 Å². The van der Waals surface area contributed by atoms with Gasteiger partial charge in [-0.05, 0) is 12.1 Å². The molecule has 0 aliphatic rings. The molecule has 0 fully saturated rings. The summed E-state index contributed by atoms with van der Waals surface area (Å²) in [6.07, 6.45) is -1.20. The van der Waals surface area contributed by atoms with Crippen molar-refractivity contribution in [3.63, 3.8) is 0 Å². The van der Waals surface area contributed by atoms with Crippen molar-refractivity contribution >= 4 is 10.9 Å². The Morgan fingerprint density at radius 3 is 2.54 bits per heavy atom. The normalized spacial score (nSPS) is 10.7. The van der Waals surface area contributed by atoms with Crippen LogP contribution in [0.3, 0.4) is 0 Å². The van der Waals surface area contributed by atoms with Crippen LogP contribution in [0.4, 0.5) is 13.2 Å². The van der Waals surface area contributed by atoms with Gasteiger partial charge < -0.3 is 0 Å². The minimum absolute atomic E-state index is 0.00259. The zero-order valence-electron chi connectivity index (χ0n) is 6.26. The maximum atomic E-state index is 12.9. The molecule has 0 amide bonds. The van der Waals surface area contributed by atoms with Gasteiger partial charge in [0.1, 0.15) is 5.82 Å². The predicted octanol–water partition coefficient (Wildman–Crippen LogP) is 2.05.